The molecule has 1 N–H and O–H groups in total. The normalized spacial score (nSPS) is 18.4. The van der Waals surface area contributed by atoms with Crippen molar-refractivity contribution in [2.75, 3.05) is 6.54 Å². The summed E-state index contributed by atoms with van der Waals surface area (Å²) in [6, 6.07) is 11.2. The number of aryl methyl sites for hydroxylation is 2. The molecular weight excluding hydrogens is 386 g/mol. The molecule has 1 saturated heterocycles. The van der Waals surface area contributed by atoms with Gasteiger partial charge in [-0.15, -0.1) is 0 Å². The molecule has 0 saturated carbocycles. The number of carbonyl (C=O) groups is 1. The lowest BCUT2D eigenvalue weighted by Gasteiger charge is -2.22. The maximum Gasteiger partial charge on any atom is 0.322 e. The van der Waals surface area contributed by atoms with Crippen molar-refractivity contribution < 1.29 is 18.7 Å². The van der Waals surface area contributed by atoms with E-state index < -0.39 is 17.9 Å². The Labute approximate surface area is 178 Å². The van der Waals surface area contributed by atoms with Gasteiger partial charge in [-0.1, -0.05) is 50.6 Å². The van der Waals surface area contributed by atoms with Crippen LogP contribution in [0.3, 0.4) is 0 Å². The van der Waals surface area contributed by atoms with E-state index >= 15 is 0 Å². The highest BCUT2D eigenvalue weighted by molar-refractivity contribution is 5.77. The van der Waals surface area contributed by atoms with E-state index in [0.717, 1.165) is 18.9 Å². The van der Waals surface area contributed by atoms with E-state index in [-0.39, 0.29) is 18.6 Å². The first kappa shape index (κ1) is 23.8. The molecular formula is C24H32F2N2O2. The Morgan fingerprint density at radius 3 is 2.03 bits per heavy atom. The predicted molar refractivity (Wildman–Crippen MR) is 115 cm³/mol. The third kappa shape index (κ3) is 6.02. The third-order valence-corrected chi connectivity index (χ3v) is 5.24. The minimum atomic E-state index is -0.958. The number of aliphatic hydroxyl groups is 1. The molecule has 2 unspecified atom stereocenters. The average Bonchev–Trinajstić information content (AvgIpc) is 2.92. The molecule has 6 heteroatoms. The fourth-order valence-corrected chi connectivity index (χ4v) is 3.61. The van der Waals surface area contributed by atoms with Crippen LogP contribution in [0.25, 0.3) is 0 Å². The quantitative estimate of drug-likeness (QED) is 0.695. The number of urea groups is 1. The van der Waals surface area contributed by atoms with E-state index in [0.29, 0.717) is 18.5 Å². The second kappa shape index (κ2) is 11.1. The van der Waals surface area contributed by atoms with Crippen molar-refractivity contribution in [2.45, 2.75) is 65.8 Å². The number of rotatable bonds is 6. The molecule has 0 aromatic heterocycles. The maximum absolute atomic E-state index is 13.2. The summed E-state index contributed by atoms with van der Waals surface area (Å²) in [6.07, 6.45) is 1.60. The molecule has 0 radical (unpaired) electrons. The zero-order valence-electron chi connectivity index (χ0n) is 18.2. The molecule has 3 rings (SSSR count). The van der Waals surface area contributed by atoms with Crippen LogP contribution in [0.5, 0.6) is 0 Å². The predicted octanol–water partition coefficient (Wildman–Crippen LogP) is 5.27. The van der Waals surface area contributed by atoms with Crippen molar-refractivity contribution in [1.82, 2.24) is 9.80 Å². The van der Waals surface area contributed by atoms with Gasteiger partial charge >= 0.3 is 6.03 Å². The van der Waals surface area contributed by atoms with E-state index in [4.69, 9.17) is 0 Å². The van der Waals surface area contributed by atoms with Gasteiger partial charge in [-0.2, -0.15) is 0 Å². The van der Waals surface area contributed by atoms with Gasteiger partial charge in [0.2, 0.25) is 0 Å². The minimum absolute atomic E-state index is 0.00854. The number of hydrogen-bond acceptors (Lipinski definition) is 2. The SMILES string of the molecule is CCCN1C(=O)N(Cc2cc(F)cc(F)c2)C(O)C1CC.CCc1ccc(C)cc1. The smallest absolute Gasteiger partial charge is 0.322 e. The molecule has 1 fully saturated rings. The lowest BCUT2D eigenvalue weighted by atomic mass is 10.1. The fraction of sp³-hybridized carbons (Fsp3) is 0.458. The Balaban J connectivity index is 0.000000297. The first-order valence-corrected chi connectivity index (χ1v) is 10.6. The van der Waals surface area contributed by atoms with Gasteiger partial charge in [-0.05, 0) is 49.4 Å². The standard InChI is InChI=1S/C15H20F2N2O2.C9H12/c1-3-5-18-13(4-2)14(20)19(15(18)21)9-10-6-11(16)8-12(17)7-10;1-3-9-6-4-8(2)5-7-9/h6-8,13-14,20H,3-5,9H2,1-2H3;4-7H,3H2,1-2H3. The number of benzene rings is 2. The molecule has 1 heterocycles. The van der Waals surface area contributed by atoms with Crippen LogP contribution in [0, 0.1) is 18.6 Å². The Bertz CT molecular complexity index is 806. The van der Waals surface area contributed by atoms with Crippen LogP contribution in [0.15, 0.2) is 42.5 Å². The third-order valence-electron chi connectivity index (χ3n) is 5.24. The first-order valence-electron chi connectivity index (χ1n) is 10.6. The summed E-state index contributed by atoms with van der Waals surface area (Å²) in [7, 11) is 0. The van der Waals surface area contributed by atoms with Crippen LogP contribution >= 0.6 is 0 Å². The van der Waals surface area contributed by atoms with Crippen molar-refractivity contribution in [3.05, 3.63) is 70.8 Å². The summed E-state index contributed by atoms with van der Waals surface area (Å²) >= 11 is 0. The van der Waals surface area contributed by atoms with Gasteiger partial charge in [0.1, 0.15) is 11.6 Å². The number of aliphatic hydroxyl groups excluding tert-OH is 1. The Morgan fingerprint density at radius 2 is 1.53 bits per heavy atom. The van der Waals surface area contributed by atoms with Crippen LogP contribution < -0.4 is 0 Å². The van der Waals surface area contributed by atoms with Gasteiger partial charge in [0, 0.05) is 12.6 Å². The van der Waals surface area contributed by atoms with Gasteiger partial charge in [0.25, 0.3) is 0 Å². The van der Waals surface area contributed by atoms with Crippen LogP contribution in [-0.4, -0.2) is 39.8 Å². The topological polar surface area (TPSA) is 43.8 Å². The van der Waals surface area contributed by atoms with Crippen LogP contribution in [0.1, 0.15) is 50.3 Å². The zero-order chi connectivity index (χ0) is 22.3. The minimum Gasteiger partial charge on any atom is -0.371 e. The van der Waals surface area contributed by atoms with Crippen LogP contribution in [-0.2, 0) is 13.0 Å². The van der Waals surface area contributed by atoms with E-state index in [1.54, 1.807) is 4.90 Å². The lowest BCUT2D eigenvalue weighted by molar-refractivity contribution is 0.0272. The molecule has 0 aliphatic carbocycles. The lowest BCUT2D eigenvalue weighted by Crippen LogP contribution is -2.36. The van der Waals surface area contributed by atoms with Crippen molar-refractivity contribution in [3.8, 4) is 0 Å². The van der Waals surface area contributed by atoms with Crippen LogP contribution in [0.4, 0.5) is 13.6 Å². The summed E-state index contributed by atoms with van der Waals surface area (Å²) in [5.74, 6) is -1.38. The van der Waals surface area contributed by atoms with Gasteiger partial charge in [-0.25, -0.2) is 13.6 Å². The summed E-state index contributed by atoms with van der Waals surface area (Å²) in [5.41, 5.74) is 3.08. The van der Waals surface area contributed by atoms with Gasteiger partial charge < -0.3 is 10.0 Å². The van der Waals surface area contributed by atoms with Gasteiger partial charge in [0.15, 0.2) is 6.23 Å². The molecule has 2 atom stereocenters. The largest absolute Gasteiger partial charge is 0.371 e. The highest BCUT2D eigenvalue weighted by Crippen LogP contribution is 2.26. The summed E-state index contributed by atoms with van der Waals surface area (Å²) in [4.78, 5) is 15.2. The molecule has 0 spiro atoms. The number of carbonyl (C=O) groups excluding carboxylic acids is 1. The second-order valence-corrected chi connectivity index (χ2v) is 7.61. The van der Waals surface area contributed by atoms with E-state index in [1.165, 1.54) is 28.2 Å². The van der Waals surface area contributed by atoms with Crippen molar-refractivity contribution in [1.29, 1.82) is 0 Å². The highest BCUT2D eigenvalue weighted by Gasteiger charge is 2.43. The first-order chi connectivity index (χ1) is 14.3. The number of halogens is 2. The van der Waals surface area contributed by atoms with E-state index in [2.05, 4.69) is 38.1 Å². The van der Waals surface area contributed by atoms with Crippen molar-refractivity contribution >= 4 is 6.03 Å². The Hall–Kier alpha value is -2.47. The molecule has 2 amide bonds. The summed E-state index contributed by atoms with van der Waals surface area (Å²) in [5, 5.41) is 10.3. The van der Waals surface area contributed by atoms with Gasteiger partial charge in [-0.3, -0.25) is 4.90 Å². The Morgan fingerprint density at radius 1 is 0.933 bits per heavy atom. The number of hydrogen-bond donors (Lipinski definition) is 1. The zero-order valence-corrected chi connectivity index (χ0v) is 18.2. The monoisotopic (exact) mass is 418 g/mol. The molecule has 2 aromatic carbocycles. The number of nitrogens with zero attached hydrogens (tertiary/aromatic N) is 2. The molecule has 1 aliphatic heterocycles. The van der Waals surface area contributed by atoms with E-state index in [9.17, 15) is 18.7 Å². The second-order valence-electron chi connectivity index (χ2n) is 7.61. The molecule has 164 valence electrons. The molecule has 30 heavy (non-hydrogen) atoms. The van der Waals surface area contributed by atoms with Crippen molar-refractivity contribution in [3.63, 3.8) is 0 Å². The molecule has 1 aliphatic rings. The summed E-state index contributed by atoms with van der Waals surface area (Å²) < 4.78 is 26.4. The highest BCUT2D eigenvalue weighted by atomic mass is 19.1. The summed E-state index contributed by atoms with van der Waals surface area (Å²) in [6.45, 7) is 8.68. The molecule has 0 bridgehead atoms. The van der Waals surface area contributed by atoms with Crippen molar-refractivity contribution in [2.24, 2.45) is 0 Å². The molecule has 2 aromatic rings. The fourth-order valence-electron chi connectivity index (χ4n) is 3.61. The Kier molecular flexibility index (Phi) is 8.78. The van der Waals surface area contributed by atoms with E-state index in [1.807, 2.05) is 13.8 Å². The van der Waals surface area contributed by atoms with Crippen LogP contribution in [0.2, 0.25) is 0 Å². The van der Waals surface area contributed by atoms with Gasteiger partial charge in [0.05, 0.1) is 12.6 Å². The number of amides is 2. The maximum atomic E-state index is 13.2. The average molecular weight is 419 g/mol. The molecule has 4 nitrogen and oxygen atoms in total.